The maximum absolute atomic E-state index is 12.3. The van der Waals surface area contributed by atoms with Crippen molar-refractivity contribution in [3.63, 3.8) is 0 Å². The Kier molecular flexibility index (Phi) is 2.86. The topological polar surface area (TPSA) is 42.7 Å². The predicted octanol–water partition coefficient (Wildman–Crippen LogP) is 3.47. The number of hydrogen-bond acceptors (Lipinski definition) is 3. The van der Waals surface area contributed by atoms with E-state index in [1.165, 1.54) is 0 Å². The van der Waals surface area contributed by atoms with Crippen LogP contribution in [0, 0.1) is 5.92 Å². The maximum Gasteiger partial charge on any atom is 0.224 e. The number of rotatable bonds is 1. The van der Waals surface area contributed by atoms with Crippen molar-refractivity contribution in [2.24, 2.45) is 5.92 Å². The van der Waals surface area contributed by atoms with E-state index in [0.29, 0.717) is 0 Å². The van der Waals surface area contributed by atoms with Gasteiger partial charge in [0.15, 0.2) is 0 Å². The number of amides is 1. The molecular formula is C17H17NO3. The molecule has 4 heteroatoms. The smallest absolute Gasteiger partial charge is 0.224 e. The first kappa shape index (κ1) is 12.7. The highest BCUT2D eigenvalue weighted by Gasteiger charge is 2.47. The summed E-state index contributed by atoms with van der Waals surface area (Å²) in [6.45, 7) is 2.34. The van der Waals surface area contributed by atoms with Gasteiger partial charge < -0.3 is 14.1 Å². The fourth-order valence-corrected chi connectivity index (χ4v) is 3.70. The minimum Gasteiger partial charge on any atom is -0.467 e. The van der Waals surface area contributed by atoms with Crippen molar-refractivity contribution in [2.45, 2.75) is 25.5 Å². The van der Waals surface area contributed by atoms with Gasteiger partial charge in [-0.2, -0.15) is 0 Å². The number of furan rings is 1. The maximum atomic E-state index is 12.3. The quantitative estimate of drug-likeness (QED) is 0.805. The van der Waals surface area contributed by atoms with Gasteiger partial charge in [-0.05, 0) is 24.6 Å². The normalized spacial score (nSPS) is 27.3. The van der Waals surface area contributed by atoms with Crippen molar-refractivity contribution in [3.05, 3.63) is 54.0 Å². The third-order valence-electron chi connectivity index (χ3n) is 4.50. The minimum absolute atomic E-state index is 0.0363. The highest BCUT2D eigenvalue weighted by molar-refractivity contribution is 5.94. The first-order chi connectivity index (χ1) is 10.3. The standard InChI is InChI=1S/C17H17NO3/c1-11(19)18-14-6-3-2-5-12(14)17-13(8-10-21-17)16(18)15-7-4-9-20-15/h2-7,9,13,16-17H,8,10H2,1H3/t13-,16-,17+/m0/s1. The summed E-state index contributed by atoms with van der Waals surface area (Å²) >= 11 is 0. The Bertz CT molecular complexity index is 664. The molecule has 1 amide bonds. The molecule has 2 aliphatic rings. The zero-order valence-electron chi connectivity index (χ0n) is 11.9. The minimum atomic E-state index is -0.0834. The Morgan fingerprint density at radius 3 is 2.86 bits per heavy atom. The van der Waals surface area contributed by atoms with E-state index in [1.807, 2.05) is 35.2 Å². The van der Waals surface area contributed by atoms with Gasteiger partial charge in [-0.1, -0.05) is 18.2 Å². The molecule has 1 saturated heterocycles. The molecule has 0 saturated carbocycles. The van der Waals surface area contributed by atoms with E-state index < -0.39 is 0 Å². The van der Waals surface area contributed by atoms with Crippen LogP contribution in [-0.4, -0.2) is 12.5 Å². The van der Waals surface area contributed by atoms with Crippen molar-refractivity contribution in [3.8, 4) is 0 Å². The number of hydrogen-bond donors (Lipinski definition) is 0. The molecule has 3 heterocycles. The van der Waals surface area contributed by atoms with Gasteiger partial charge in [-0.15, -0.1) is 0 Å². The van der Waals surface area contributed by atoms with E-state index in [1.54, 1.807) is 13.2 Å². The zero-order chi connectivity index (χ0) is 14.4. The van der Waals surface area contributed by atoms with Crippen molar-refractivity contribution in [1.29, 1.82) is 0 Å². The number of anilines is 1. The van der Waals surface area contributed by atoms with Gasteiger partial charge in [0.2, 0.25) is 5.91 Å². The van der Waals surface area contributed by atoms with Crippen LogP contribution >= 0.6 is 0 Å². The number of benzene rings is 1. The number of carbonyl (C=O) groups is 1. The molecule has 0 bridgehead atoms. The molecule has 0 radical (unpaired) electrons. The molecule has 4 nitrogen and oxygen atoms in total. The average molecular weight is 283 g/mol. The average Bonchev–Trinajstić information content (AvgIpc) is 3.17. The van der Waals surface area contributed by atoms with Gasteiger partial charge in [0.05, 0.1) is 18.1 Å². The van der Waals surface area contributed by atoms with Crippen LogP contribution in [0.25, 0.3) is 0 Å². The van der Waals surface area contributed by atoms with Crippen LogP contribution in [0.1, 0.15) is 36.8 Å². The van der Waals surface area contributed by atoms with Crippen molar-refractivity contribution < 1.29 is 13.9 Å². The molecular weight excluding hydrogens is 266 g/mol. The summed E-state index contributed by atoms with van der Waals surface area (Å²) in [5.41, 5.74) is 2.05. The van der Waals surface area contributed by atoms with Crippen LogP contribution < -0.4 is 4.90 Å². The fraction of sp³-hybridized carbons (Fsp3) is 0.353. The summed E-state index contributed by atoms with van der Waals surface area (Å²) in [6, 6.07) is 11.8. The lowest BCUT2D eigenvalue weighted by molar-refractivity contribution is -0.117. The van der Waals surface area contributed by atoms with Gasteiger partial charge in [-0.3, -0.25) is 4.79 Å². The Hall–Kier alpha value is -2.07. The number of carbonyl (C=O) groups excluding carboxylic acids is 1. The van der Waals surface area contributed by atoms with Gasteiger partial charge in [0.25, 0.3) is 0 Å². The number of ether oxygens (including phenoxy) is 1. The Balaban J connectivity index is 1.91. The SMILES string of the molecule is CC(=O)N1c2ccccc2[C@H]2OCC[C@H]2[C@H]1c1ccco1. The molecule has 3 atom stereocenters. The van der Waals surface area contributed by atoms with Gasteiger partial charge in [-0.25, -0.2) is 0 Å². The van der Waals surface area contributed by atoms with Crippen LogP contribution in [0.3, 0.4) is 0 Å². The van der Waals surface area contributed by atoms with E-state index in [2.05, 4.69) is 6.07 Å². The highest BCUT2D eigenvalue weighted by atomic mass is 16.5. The number of para-hydroxylation sites is 1. The zero-order valence-corrected chi connectivity index (χ0v) is 11.9. The Labute approximate surface area is 123 Å². The first-order valence-electron chi connectivity index (χ1n) is 7.31. The molecule has 0 spiro atoms. The van der Waals surface area contributed by atoms with Crippen molar-refractivity contribution in [2.75, 3.05) is 11.5 Å². The van der Waals surface area contributed by atoms with E-state index in [9.17, 15) is 4.79 Å². The van der Waals surface area contributed by atoms with Gasteiger partial charge >= 0.3 is 0 Å². The largest absolute Gasteiger partial charge is 0.467 e. The predicted molar refractivity (Wildman–Crippen MR) is 77.9 cm³/mol. The fourth-order valence-electron chi connectivity index (χ4n) is 3.70. The van der Waals surface area contributed by atoms with Crippen LogP contribution in [0.4, 0.5) is 5.69 Å². The molecule has 1 fully saturated rings. The third kappa shape index (κ3) is 1.83. The van der Waals surface area contributed by atoms with E-state index in [0.717, 1.165) is 30.0 Å². The lowest BCUT2D eigenvalue weighted by Gasteiger charge is -2.42. The third-order valence-corrected chi connectivity index (χ3v) is 4.50. The van der Waals surface area contributed by atoms with Crippen LogP contribution in [-0.2, 0) is 9.53 Å². The monoisotopic (exact) mass is 283 g/mol. The lowest BCUT2D eigenvalue weighted by atomic mass is 9.81. The van der Waals surface area contributed by atoms with Gasteiger partial charge in [0, 0.05) is 25.0 Å². The van der Waals surface area contributed by atoms with Crippen molar-refractivity contribution in [1.82, 2.24) is 0 Å². The van der Waals surface area contributed by atoms with E-state index in [-0.39, 0.29) is 24.0 Å². The molecule has 2 aliphatic heterocycles. The van der Waals surface area contributed by atoms with Crippen LogP contribution in [0.15, 0.2) is 47.1 Å². The summed E-state index contributed by atoms with van der Waals surface area (Å²) in [7, 11) is 0. The first-order valence-corrected chi connectivity index (χ1v) is 7.31. The molecule has 21 heavy (non-hydrogen) atoms. The van der Waals surface area contributed by atoms with E-state index in [4.69, 9.17) is 9.15 Å². The molecule has 0 N–H and O–H groups in total. The van der Waals surface area contributed by atoms with Crippen LogP contribution in [0.5, 0.6) is 0 Å². The molecule has 1 aromatic carbocycles. The summed E-state index contributed by atoms with van der Waals surface area (Å²) in [4.78, 5) is 14.2. The molecule has 0 unspecified atom stereocenters. The number of fused-ring (bicyclic) bond motifs is 3. The second-order valence-corrected chi connectivity index (χ2v) is 5.65. The summed E-state index contributed by atoms with van der Waals surface area (Å²) in [6.07, 6.45) is 2.65. The number of nitrogens with zero attached hydrogens (tertiary/aromatic N) is 1. The summed E-state index contributed by atoms with van der Waals surface area (Å²) in [5.74, 6) is 1.12. The summed E-state index contributed by atoms with van der Waals surface area (Å²) in [5, 5.41) is 0. The second kappa shape index (κ2) is 4.74. The van der Waals surface area contributed by atoms with E-state index >= 15 is 0 Å². The Morgan fingerprint density at radius 2 is 2.10 bits per heavy atom. The molecule has 0 aliphatic carbocycles. The highest BCUT2D eigenvalue weighted by Crippen LogP contribution is 2.52. The summed E-state index contributed by atoms with van der Waals surface area (Å²) < 4.78 is 11.6. The van der Waals surface area contributed by atoms with Crippen LogP contribution in [0.2, 0.25) is 0 Å². The molecule has 4 rings (SSSR count). The second-order valence-electron chi connectivity index (χ2n) is 5.65. The molecule has 2 aromatic rings. The van der Waals surface area contributed by atoms with Gasteiger partial charge in [0.1, 0.15) is 11.8 Å². The lowest BCUT2D eigenvalue weighted by Crippen LogP contribution is -2.42. The molecule has 108 valence electrons. The Morgan fingerprint density at radius 1 is 1.24 bits per heavy atom. The van der Waals surface area contributed by atoms with Crippen molar-refractivity contribution >= 4 is 11.6 Å². The molecule has 1 aromatic heterocycles.